The van der Waals surface area contributed by atoms with Gasteiger partial charge in [-0.05, 0) is 18.8 Å². The van der Waals surface area contributed by atoms with Gasteiger partial charge in [-0.2, -0.15) is 8.78 Å². The van der Waals surface area contributed by atoms with Gasteiger partial charge < -0.3 is 99.5 Å². The molecule has 1 aromatic rings. The number of carbonyl (C=O) groups excluding carboxylic acids is 3. The quantitative estimate of drug-likeness (QED) is 0.00665. The van der Waals surface area contributed by atoms with Crippen LogP contribution in [0.25, 0.3) is 0 Å². The molecule has 1 aliphatic heterocycles. The minimum Gasteiger partial charge on any atom is -0.480 e. The van der Waals surface area contributed by atoms with E-state index in [1.807, 2.05) is 5.32 Å². The fraction of sp³-hybridized carbons (Fsp3) is 0.714. The van der Waals surface area contributed by atoms with Gasteiger partial charge in [0, 0.05) is 12.5 Å². The number of esters is 1. The van der Waals surface area contributed by atoms with Crippen molar-refractivity contribution in [1.82, 2.24) is 10.6 Å². The fourth-order valence-electron chi connectivity index (χ4n) is 5.67. The molecule has 0 bridgehead atoms. The topological polar surface area (TPSA) is 425 Å². The second-order valence-corrected chi connectivity index (χ2v) is 18.4. The van der Waals surface area contributed by atoms with Gasteiger partial charge in [0.2, 0.25) is 29.2 Å². The molecule has 1 saturated heterocycles. The summed E-state index contributed by atoms with van der Waals surface area (Å²) in [5.74, 6) is -15.7. The molecule has 1 aromatic carbocycles. The average Bonchev–Trinajstić information content (AvgIpc) is 3.24. The van der Waals surface area contributed by atoms with Crippen LogP contribution in [0, 0.1) is 29.2 Å². The predicted molar refractivity (Wildman–Crippen MR) is 209 cm³/mol. The van der Waals surface area contributed by atoms with Gasteiger partial charge in [0.15, 0.2) is 30.3 Å². The molecule has 32 heteroatoms. The Hall–Kier alpha value is -3.36. The Bertz CT molecular complexity index is 1860. The minimum atomic E-state index is -4.64. The Kier molecular flexibility index (Phi) is 24.7. The van der Waals surface area contributed by atoms with Gasteiger partial charge >= 0.3 is 27.1 Å². The summed E-state index contributed by atoms with van der Waals surface area (Å²) in [4.78, 5) is 86.8. The first-order valence-corrected chi connectivity index (χ1v) is 23.4. The van der Waals surface area contributed by atoms with Gasteiger partial charge in [-0.15, -0.1) is 0 Å². The van der Waals surface area contributed by atoms with Crippen LogP contribution in [0.3, 0.4) is 0 Å². The van der Waals surface area contributed by atoms with E-state index < -0.39 is 199 Å². The number of nitrogens with one attached hydrogen (secondary N) is 2. The molecule has 67 heavy (non-hydrogen) atoms. The number of hydrogen-bond donors (Lipinski definition) is 14. The maximum atomic E-state index is 13.7. The molecule has 0 aliphatic carbocycles. The second-order valence-electron chi connectivity index (χ2n) is 14.9. The lowest BCUT2D eigenvalue weighted by Crippen LogP contribution is -2.59. The molecule has 26 nitrogen and oxygen atoms in total. The maximum absolute atomic E-state index is 13.7. The van der Waals surface area contributed by atoms with Crippen molar-refractivity contribution in [3.05, 3.63) is 29.3 Å². The summed E-state index contributed by atoms with van der Waals surface area (Å²) < 4.78 is 107. The molecule has 2 rings (SSSR count). The molecule has 12 unspecified atom stereocenters. The largest absolute Gasteiger partial charge is 0.480 e. The van der Waals surface area contributed by atoms with Crippen LogP contribution in [0.5, 0.6) is 5.75 Å². The number of ether oxygens (including phenoxy) is 6. The van der Waals surface area contributed by atoms with E-state index in [0.29, 0.717) is 0 Å². The molecule has 12 atom stereocenters. The van der Waals surface area contributed by atoms with E-state index in [4.69, 9.17) is 43.3 Å². The lowest BCUT2D eigenvalue weighted by atomic mass is 9.94. The number of hydrogen-bond acceptors (Lipinski definition) is 19. The molecule has 0 saturated carbocycles. The summed E-state index contributed by atoms with van der Waals surface area (Å²) >= 11 is 0. The first-order valence-electron chi connectivity index (χ1n) is 19.8. The lowest BCUT2D eigenvalue weighted by molar-refractivity contribution is -0.297. The molecule has 1 fully saturated rings. The van der Waals surface area contributed by atoms with Crippen LogP contribution < -0.4 is 15.4 Å². The Morgan fingerprint density at radius 2 is 1.31 bits per heavy atom. The third kappa shape index (κ3) is 20.6. The van der Waals surface area contributed by atoms with Crippen molar-refractivity contribution >= 4 is 38.9 Å². The number of halogens is 4. The van der Waals surface area contributed by atoms with Gasteiger partial charge in [-0.25, -0.2) is 13.6 Å². The summed E-state index contributed by atoms with van der Waals surface area (Å²) in [6.45, 7) is -2.30. The lowest BCUT2D eigenvalue weighted by Gasteiger charge is -2.40. The predicted octanol–water partition coefficient (Wildman–Crippen LogP) is -3.97. The molecule has 0 spiro atoms. The van der Waals surface area contributed by atoms with E-state index in [0.717, 1.165) is 0 Å². The smallest absolute Gasteiger partial charge is 0.328 e. The Morgan fingerprint density at radius 3 is 1.87 bits per heavy atom. The highest BCUT2D eigenvalue weighted by Crippen LogP contribution is 2.38. The van der Waals surface area contributed by atoms with Gasteiger partial charge in [-0.3, -0.25) is 23.5 Å². The zero-order valence-corrected chi connectivity index (χ0v) is 37.0. The maximum Gasteiger partial charge on any atom is 0.328 e. The van der Waals surface area contributed by atoms with Crippen LogP contribution in [0.2, 0.25) is 0 Å². The van der Waals surface area contributed by atoms with Crippen molar-refractivity contribution in [1.29, 1.82) is 0 Å². The summed E-state index contributed by atoms with van der Waals surface area (Å²) in [5, 5.41) is 86.4. The van der Waals surface area contributed by atoms with Crippen LogP contribution >= 0.6 is 15.2 Å². The first kappa shape index (κ1) is 59.8. The monoisotopic (exact) mass is 1020 g/mol. The number of benzene rings is 1. The second kappa shape index (κ2) is 27.7. The Labute approximate surface area is 377 Å². The summed E-state index contributed by atoms with van der Waals surface area (Å²) in [6, 6.07) is -4.15. The van der Waals surface area contributed by atoms with Crippen LogP contribution in [-0.4, -0.2) is 204 Å². The number of aliphatic carboxylic acids is 1. The molecule has 2 amide bonds. The van der Waals surface area contributed by atoms with Crippen molar-refractivity contribution in [3.8, 4) is 5.75 Å². The molecule has 1 heterocycles. The van der Waals surface area contributed by atoms with Crippen LogP contribution in [-0.2, 0) is 52.0 Å². The van der Waals surface area contributed by atoms with E-state index in [-0.39, 0.29) is 25.7 Å². The zero-order valence-electron chi connectivity index (χ0n) is 35.2. The minimum absolute atomic E-state index is 0.0891. The van der Waals surface area contributed by atoms with Crippen molar-refractivity contribution < 1.29 is 135 Å². The summed E-state index contributed by atoms with van der Waals surface area (Å²) in [5.41, 5.74) is 0. The van der Waals surface area contributed by atoms with E-state index in [1.165, 1.54) is 6.92 Å². The highest BCUT2D eigenvalue weighted by molar-refractivity contribution is 7.52. The third-order valence-corrected chi connectivity index (χ3v) is 11.2. The molecule has 0 aromatic heterocycles. The fourth-order valence-corrected chi connectivity index (χ4v) is 7.00. The SMILES string of the molecule is CC(CCP(=O)(O)O)C(O)C(O)C(O)C(O)OCC(NC(=O)CCOCCOCCC(=O)Oc1c(F)c(F)cc(F)c1F)C(=O)NC(COC1OC(CCP(=O)(O)O)C(O)C(O)C1O)C(=O)O. The molecular formula is C35H54F4N2O24P2. The van der Waals surface area contributed by atoms with E-state index >= 15 is 0 Å². The van der Waals surface area contributed by atoms with Crippen LogP contribution in [0.15, 0.2) is 6.07 Å². The van der Waals surface area contributed by atoms with Crippen molar-refractivity contribution in [2.45, 2.75) is 100.0 Å². The summed E-state index contributed by atoms with van der Waals surface area (Å²) in [7, 11) is -9.16. The zero-order chi connectivity index (χ0) is 51.0. The number of aliphatic hydroxyl groups excluding tert-OH is 7. The molecule has 14 N–H and O–H groups in total. The molecule has 1 aliphatic rings. The van der Waals surface area contributed by atoms with Crippen LogP contribution in [0.4, 0.5) is 17.6 Å². The van der Waals surface area contributed by atoms with Gasteiger partial charge in [0.25, 0.3) is 0 Å². The van der Waals surface area contributed by atoms with Crippen molar-refractivity contribution in [2.24, 2.45) is 5.92 Å². The first-order chi connectivity index (χ1) is 31.0. The van der Waals surface area contributed by atoms with E-state index in [1.54, 1.807) is 0 Å². The van der Waals surface area contributed by atoms with Gasteiger partial charge in [-0.1, -0.05) is 6.92 Å². The number of amides is 2. The highest BCUT2D eigenvalue weighted by Gasteiger charge is 2.45. The van der Waals surface area contributed by atoms with E-state index in [2.05, 4.69) is 10.1 Å². The molecular weight excluding hydrogens is 970 g/mol. The van der Waals surface area contributed by atoms with Crippen LogP contribution in [0.1, 0.15) is 32.6 Å². The van der Waals surface area contributed by atoms with Gasteiger partial charge in [0.1, 0.15) is 36.6 Å². The average molecular weight is 1020 g/mol. The van der Waals surface area contributed by atoms with E-state index in [9.17, 15) is 86.7 Å². The number of aliphatic hydroxyl groups is 7. The molecule has 386 valence electrons. The van der Waals surface area contributed by atoms with Crippen molar-refractivity contribution in [3.63, 3.8) is 0 Å². The molecule has 0 radical (unpaired) electrons. The normalized spacial score (nSPS) is 22.2. The Balaban J connectivity index is 2.05. The third-order valence-electron chi connectivity index (χ3n) is 9.53. The van der Waals surface area contributed by atoms with Gasteiger partial charge in [0.05, 0.1) is 70.6 Å². The Morgan fingerprint density at radius 1 is 0.746 bits per heavy atom. The number of carbonyl (C=O) groups is 4. The number of rotatable bonds is 30. The standard InChI is InChI=1S/C35H54F4N2O24P2/c1-15(4-10-66(54,55)56)25(44)27(46)29(48)34(53)62-13-18(32(50)41-19(33(51)52)14-63-35-30(49)28(47)26(45)20(64-35)5-11-67(57,58)59)40-21(42)2-6-60-8-9-61-7-3-22(43)65-31-23(38)16(36)12-17(37)24(31)39/h12,15,18-20,25-30,34-35,44-49,53H,2-11,13-14H2,1H3,(H,40,42)(H,41,50)(H,51,52)(H2,54,55,56)(H2,57,58,59). The number of carboxylic acid groups (broad SMARTS) is 1. The van der Waals surface area contributed by atoms with Crippen molar-refractivity contribution in [2.75, 3.05) is 52.0 Å². The summed E-state index contributed by atoms with van der Waals surface area (Å²) in [6.07, 6.45) is -22.0. The number of carboxylic acids is 1. The highest BCUT2D eigenvalue weighted by atomic mass is 31.2.